The number of benzene rings is 3. The monoisotopic (exact) mass is 337 g/mol. The maximum atomic E-state index is 13.2. The third-order valence-electron chi connectivity index (χ3n) is 3.47. The molecule has 0 radical (unpaired) electrons. The summed E-state index contributed by atoms with van der Waals surface area (Å²) in [5, 5.41) is 2.71. The molecule has 0 spiro atoms. The zero-order valence-electron chi connectivity index (χ0n) is 12.9. The number of hydrogen-bond donors (Lipinski definition) is 1. The van der Waals surface area contributed by atoms with E-state index < -0.39 is 0 Å². The fourth-order valence-electron chi connectivity index (χ4n) is 2.25. The zero-order chi connectivity index (χ0) is 16.8. The van der Waals surface area contributed by atoms with Gasteiger partial charge in [0, 0.05) is 10.5 Å². The molecule has 1 N–H and O–H groups in total. The summed E-state index contributed by atoms with van der Waals surface area (Å²) in [7, 11) is 0. The summed E-state index contributed by atoms with van der Waals surface area (Å²) in [4.78, 5) is 13.5. The topological polar surface area (TPSA) is 29.1 Å². The molecular weight excluding hydrogens is 321 g/mol. The van der Waals surface area contributed by atoms with Crippen molar-refractivity contribution in [3.63, 3.8) is 0 Å². The molecule has 24 heavy (non-hydrogen) atoms. The normalized spacial score (nSPS) is 11.7. The first-order valence-corrected chi connectivity index (χ1v) is 8.43. The van der Waals surface area contributed by atoms with Gasteiger partial charge in [0.2, 0.25) is 0 Å². The minimum Gasteiger partial charge on any atom is -0.336 e. The Morgan fingerprint density at radius 2 is 1.42 bits per heavy atom. The predicted octanol–water partition coefficient (Wildman–Crippen LogP) is 5.05. The van der Waals surface area contributed by atoms with Gasteiger partial charge >= 0.3 is 0 Å². The molecule has 120 valence electrons. The van der Waals surface area contributed by atoms with E-state index in [-0.39, 0.29) is 17.1 Å². The lowest BCUT2D eigenvalue weighted by Crippen LogP contribution is -2.26. The highest BCUT2D eigenvalue weighted by Crippen LogP contribution is 2.33. The average Bonchev–Trinajstić information content (AvgIpc) is 2.63. The molecule has 2 nitrogen and oxygen atoms in total. The molecule has 0 aliphatic carbocycles. The zero-order valence-corrected chi connectivity index (χ0v) is 13.7. The Balaban J connectivity index is 1.84. The van der Waals surface area contributed by atoms with Gasteiger partial charge in [-0.25, -0.2) is 4.39 Å². The molecule has 3 aromatic rings. The molecule has 0 heterocycles. The summed E-state index contributed by atoms with van der Waals surface area (Å²) in [5.41, 5.74) is 1.44. The van der Waals surface area contributed by atoms with Crippen LogP contribution in [0.25, 0.3) is 0 Å². The SMILES string of the molecule is O=C(N[C@H](Sc1ccccc1)c1ccc(F)cc1)c1ccccc1. The fourth-order valence-corrected chi connectivity index (χ4v) is 3.29. The number of hydrogen-bond acceptors (Lipinski definition) is 2. The number of halogens is 1. The first-order valence-electron chi connectivity index (χ1n) is 7.55. The highest BCUT2D eigenvalue weighted by molar-refractivity contribution is 7.99. The summed E-state index contributed by atoms with van der Waals surface area (Å²) in [5.74, 6) is -0.454. The van der Waals surface area contributed by atoms with Crippen LogP contribution in [0.5, 0.6) is 0 Å². The molecule has 1 atom stereocenters. The number of thioether (sulfide) groups is 1. The van der Waals surface area contributed by atoms with Crippen LogP contribution in [-0.4, -0.2) is 5.91 Å². The van der Waals surface area contributed by atoms with Gasteiger partial charge in [-0.05, 0) is 42.0 Å². The van der Waals surface area contributed by atoms with Crippen LogP contribution in [0.4, 0.5) is 4.39 Å². The molecule has 0 fully saturated rings. The van der Waals surface area contributed by atoms with E-state index in [0.717, 1.165) is 10.5 Å². The van der Waals surface area contributed by atoms with Crippen LogP contribution in [0.15, 0.2) is 89.8 Å². The minimum absolute atomic E-state index is 0.159. The quantitative estimate of drug-likeness (QED) is 0.521. The van der Waals surface area contributed by atoms with Crippen LogP contribution in [-0.2, 0) is 0 Å². The molecule has 0 aliphatic heterocycles. The Morgan fingerprint density at radius 1 is 0.833 bits per heavy atom. The number of rotatable bonds is 5. The van der Waals surface area contributed by atoms with Crippen LogP contribution < -0.4 is 5.32 Å². The van der Waals surface area contributed by atoms with Crippen molar-refractivity contribution in [1.29, 1.82) is 0 Å². The molecule has 0 aliphatic rings. The second-order valence-electron chi connectivity index (χ2n) is 5.20. The largest absolute Gasteiger partial charge is 0.336 e. The standard InChI is InChI=1S/C20H16FNOS/c21-17-13-11-16(12-14-17)20(24-18-9-5-2-6-10-18)22-19(23)15-7-3-1-4-8-15/h1-14,20H,(H,22,23)/t20-/m1/s1. The molecule has 0 bridgehead atoms. The maximum Gasteiger partial charge on any atom is 0.252 e. The van der Waals surface area contributed by atoms with Gasteiger partial charge in [-0.15, -0.1) is 0 Å². The lowest BCUT2D eigenvalue weighted by Gasteiger charge is -2.19. The van der Waals surface area contributed by atoms with Gasteiger partial charge in [0.05, 0.1) is 0 Å². The predicted molar refractivity (Wildman–Crippen MR) is 95.3 cm³/mol. The Hall–Kier alpha value is -2.59. The summed E-state index contributed by atoms with van der Waals surface area (Å²) < 4.78 is 13.2. The van der Waals surface area contributed by atoms with Gasteiger partial charge in [0.25, 0.3) is 5.91 Å². The number of carbonyl (C=O) groups is 1. The van der Waals surface area contributed by atoms with E-state index in [2.05, 4.69) is 5.32 Å². The van der Waals surface area contributed by atoms with Crippen LogP contribution >= 0.6 is 11.8 Å². The third-order valence-corrected chi connectivity index (χ3v) is 4.64. The minimum atomic E-state index is -0.305. The molecule has 0 aromatic heterocycles. The molecule has 0 unspecified atom stereocenters. The lowest BCUT2D eigenvalue weighted by molar-refractivity contribution is 0.0949. The van der Waals surface area contributed by atoms with E-state index in [9.17, 15) is 9.18 Å². The Labute approximate surface area is 144 Å². The highest BCUT2D eigenvalue weighted by atomic mass is 32.2. The summed E-state index contributed by atoms with van der Waals surface area (Å²) in [6.07, 6.45) is 0. The summed E-state index contributed by atoms with van der Waals surface area (Å²) in [6.45, 7) is 0. The third kappa shape index (κ3) is 4.24. The van der Waals surface area contributed by atoms with Gasteiger partial charge < -0.3 is 5.32 Å². The van der Waals surface area contributed by atoms with Crippen molar-refractivity contribution < 1.29 is 9.18 Å². The summed E-state index contributed by atoms with van der Waals surface area (Å²) in [6, 6.07) is 25.1. The van der Waals surface area contributed by atoms with E-state index in [4.69, 9.17) is 0 Å². The highest BCUT2D eigenvalue weighted by Gasteiger charge is 2.17. The van der Waals surface area contributed by atoms with E-state index in [1.54, 1.807) is 24.3 Å². The van der Waals surface area contributed by atoms with Crippen LogP contribution in [0.3, 0.4) is 0 Å². The molecule has 3 aromatic carbocycles. The molecule has 0 saturated heterocycles. The van der Waals surface area contributed by atoms with E-state index in [1.165, 1.54) is 23.9 Å². The first kappa shape index (κ1) is 16.3. The van der Waals surface area contributed by atoms with Gasteiger partial charge in [-0.3, -0.25) is 4.79 Å². The Bertz CT molecular complexity index is 791. The van der Waals surface area contributed by atoms with Gasteiger partial charge in [-0.2, -0.15) is 0 Å². The van der Waals surface area contributed by atoms with E-state index >= 15 is 0 Å². The van der Waals surface area contributed by atoms with Gasteiger partial charge in [-0.1, -0.05) is 60.3 Å². The second-order valence-corrected chi connectivity index (χ2v) is 6.38. The van der Waals surface area contributed by atoms with Crippen LogP contribution in [0.1, 0.15) is 21.3 Å². The summed E-state index contributed by atoms with van der Waals surface area (Å²) >= 11 is 1.52. The molecule has 4 heteroatoms. The molecule has 1 amide bonds. The number of amides is 1. The van der Waals surface area contributed by atoms with Crippen LogP contribution in [0.2, 0.25) is 0 Å². The van der Waals surface area contributed by atoms with Gasteiger partial charge in [0.15, 0.2) is 0 Å². The molecular formula is C20H16FNOS. The van der Waals surface area contributed by atoms with E-state index in [1.807, 2.05) is 48.5 Å². The molecule has 3 rings (SSSR count). The van der Waals surface area contributed by atoms with Crippen molar-refractivity contribution in [2.24, 2.45) is 0 Å². The average molecular weight is 337 g/mol. The maximum absolute atomic E-state index is 13.2. The van der Waals surface area contributed by atoms with Gasteiger partial charge in [0.1, 0.15) is 11.2 Å². The van der Waals surface area contributed by atoms with E-state index in [0.29, 0.717) is 5.56 Å². The van der Waals surface area contributed by atoms with Crippen molar-refractivity contribution in [2.45, 2.75) is 10.3 Å². The van der Waals surface area contributed by atoms with Crippen LogP contribution in [0, 0.1) is 5.82 Å². The van der Waals surface area contributed by atoms with Crippen molar-refractivity contribution in [3.05, 3.63) is 102 Å². The number of nitrogens with one attached hydrogen (secondary N) is 1. The smallest absolute Gasteiger partial charge is 0.252 e. The van der Waals surface area contributed by atoms with Crippen molar-refractivity contribution in [1.82, 2.24) is 5.32 Å². The Kier molecular flexibility index (Phi) is 5.29. The lowest BCUT2D eigenvalue weighted by atomic mass is 10.2. The Morgan fingerprint density at radius 3 is 2.04 bits per heavy atom. The van der Waals surface area contributed by atoms with Crippen molar-refractivity contribution >= 4 is 17.7 Å². The van der Waals surface area contributed by atoms with Crippen molar-refractivity contribution in [2.75, 3.05) is 0 Å². The second kappa shape index (κ2) is 7.79. The van der Waals surface area contributed by atoms with Crippen molar-refractivity contribution in [3.8, 4) is 0 Å². The number of carbonyl (C=O) groups excluding carboxylic acids is 1. The molecule has 0 saturated carbocycles. The first-order chi connectivity index (χ1) is 11.7. The fraction of sp³-hybridized carbons (Fsp3) is 0.0500.